The quantitative estimate of drug-likeness (QED) is 0.881. The van der Waals surface area contributed by atoms with Crippen LogP contribution < -0.4 is 11.1 Å². The summed E-state index contributed by atoms with van der Waals surface area (Å²) in [5.41, 5.74) is 2.70. The second-order valence-electron chi connectivity index (χ2n) is 5.51. The maximum absolute atomic E-state index is 11.6. The summed E-state index contributed by atoms with van der Waals surface area (Å²) in [5.74, 6) is 0.358. The summed E-state index contributed by atoms with van der Waals surface area (Å²) in [6, 6.07) is 6.36. The van der Waals surface area contributed by atoms with Crippen molar-refractivity contribution in [2.75, 3.05) is 6.54 Å². The van der Waals surface area contributed by atoms with Crippen LogP contribution in [-0.2, 0) is 7.05 Å². The first kappa shape index (κ1) is 14.9. The fraction of sp³-hybridized carbons (Fsp3) is 0.562. The average Bonchev–Trinajstić information content (AvgIpc) is 2.73. The van der Waals surface area contributed by atoms with Gasteiger partial charge in [0.2, 0.25) is 0 Å². The van der Waals surface area contributed by atoms with E-state index in [9.17, 15) is 4.79 Å². The monoisotopic (exact) mass is 276 g/mol. The Kier molecular flexibility index (Phi) is 4.65. The molecule has 0 bridgehead atoms. The number of fused-ring (bicyclic) bond motifs is 1. The Hall–Kier alpha value is -1.55. The van der Waals surface area contributed by atoms with Gasteiger partial charge >= 0.3 is 5.76 Å². The summed E-state index contributed by atoms with van der Waals surface area (Å²) < 4.78 is 6.82. The Labute approximate surface area is 119 Å². The molecule has 2 rings (SSSR count). The molecule has 0 aliphatic heterocycles. The van der Waals surface area contributed by atoms with Crippen molar-refractivity contribution in [2.45, 2.75) is 39.7 Å². The highest BCUT2D eigenvalue weighted by molar-refractivity contribution is 5.73. The number of nitrogens with one attached hydrogen (secondary N) is 1. The number of oxazole rings is 1. The molecule has 0 fully saturated rings. The minimum atomic E-state index is -0.306. The third kappa shape index (κ3) is 2.96. The van der Waals surface area contributed by atoms with E-state index in [1.807, 2.05) is 12.1 Å². The van der Waals surface area contributed by atoms with E-state index < -0.39 is 0 Å². The summed E-state index contributed by atoms with van der Waals surface area (Å²) in [7, 11) is 1.73. The van der Waals surface area contributed by atoms with Gasteiger partial charge in [-0.1, -0.05) is 33.3 Å². The van der Waals surface area contributed by atoms with E-state index in [0.29, 0.717) is 17.5 Å². The molecule has 2 aromatic rings. The number of benzene rings is 1. The Bertz CT molecular complexity index is 627. The lowest BCUT2D eigenvalue weighted by atomic mass is 9.94. The third-order valence-electron chi connectivity index (χ3n) is 4.00. The fourth-order valence-electron chi connectivity index (χ4n) is 2.52. The SMILES string of the molecule is CCNC(CC(C)CC)c1ccc2c(c1)oc(=O)n2C. The van der Waals surface area contributed by atoms with Crippen LogP contribution in [0.2, 0.25) is 0 Å². The van der Waals surface area contributed by atoms with Crippen molar-refractivity contribution in [1.29, 1.82) is 0 Å². The molecule has 2 unspecified atom stereocenters. The van der Waals surface area contributed by atoms with E-state index in [-0.39, 0.29) is 5.76 Å². The van der Waals surface area contributed by atoms with Gasteiger partial charge in [0, 0.05) is 13.1 Å². The molecule has 1 heterocycles. The molecule has 0 aliphatic carbocycles. The number of aryl methyl sites for hydroxylation is 1. The van der Waals surface area contributed by atoms with Crippen LogP contribution in [0.25, 0.3) is 11.1 Å². The molecule has 2 atom stereocenters. The van der Waals surface area contributed by atoms with Gasteiger partial charge in [-0.15, -0.1) is 0 Å². The zero-order chi connectivity index (χ0) is 14.7. The first-order valence-electron chi connectivity index (χ1n) is 7.39. The standard InChI is InChI=1S/C16H24N2O2/c1-5-11(3)9-13(17-6-2)12-7-8-14-15(10-12)20-16(19)18(14)4/h7-8,10-11,13,17H,5-6,9H2,1-4H3. The smallest absolute Gasteiger partial charge is 0.408 e. The van der Waals surface area contributed by atoms with E-state index in [2.05, 4.69) is 32.2 Å². The predicted molar refractivity (Wildman–Crippen MR) is 81.9 cm³/mol. The van der Waals surface area contributed by atoms with E-state index in [1.54, 1.807) is 7.05 Å². The van der Waals surface area contributed by atoms with Gasteiger partial charge in [-0.2, -0.15) is 0 Å². The molecule has 110 valence electrons. The number of aromatic nitrogens is 1. The lowest BCUT2D eigenvalue weighted by Gasteiger charge is -2.21. The van der Waals surface area contributed by atoms with Crippen molar-refractivity contribution in [3.63, 3.8) is 0 Å². The topological polar surface area (TPSA) is 47.2 Å². The van der Waals surface area contributed by atoms with Gasteiger partial charge in [0.1, 0.15) is 0 Å². The van der Waals surface area contributed by atoms with Gasteiger partial charge in [0.15, 0.2) is 5.58 Å². The first-order valence-corrected chi connectivity index (χ1v) is 7.39. The number of hydrogen-bond donors (Lipinski definition) is 1. The lowest BCUT2D eigenvalue weighted by Crippen LogP contribution is -2.22. The maximum atomic E-state index is 11.6. The summed E-state index contributed by atoms with van der Waals surface area (Å²) in [5, 5.41) is 3.52. The summed E-state index contributed by atoms with van der Waals surface area (Å²) in [4.78, 5) is 11.6. The Morgan fingerprint density at radius 3 is 2.75 bits per heavy atom. The molecule has 1 aromatic heterocycles. The molecule has 20 heavy (non-hydrogen) atoms. The van der Waals surface area contributed by atoms with E-state index in [4.69, 9.17) is 4.42 Å². The Morgan fingerprint density at radius 1 is 1.35 bits per heavy atom. The van der Waals surface area contributed by atoms with Crippen LogP contribution >= 0.6 is 0 Å². The molecule has 0 amide bonds. The second-order valence-corrected chi connectivity index (χ2v) is 5.51. The van der Waals surface area contributed by atoms with Crippen LogP contribution in [0, 0.1) is 5.92 Å². The normalized spacial score (nSPS) is 14.6. The van der Waals surface area contributed by atoms with Gasteiger partial charge in [-0.3, -0.25) is 4.57 Å². The first-order chi connectivity index (χ1) is 9.56. The lowest BCUT2D eigenvalue weighted by molar-refractivity contribution is 0.408. The van der Waals surface area contributed by atoms with Gasteiger partial charge in [0.25, 0.3) is 0 Å². The molecule has 4 nitrogen and oxygen atoms in total. The van der Waals surface area contributed by atoms with Crippen LogP contribution in [0.15, 0.2) is 27.4 Å². The summed E-state index contributed by atoms with van der Waals surface area (Å²) in [6.45, 7) is 7.53. The molecule has 4 heteroatoms. The zero-order valence-electron chi connectivity index (χ0n) is 12.8. The molecule has 0 saturated heterocycles. The summed E-state index contributed by atoms with van der Waals surface area (Å²) >= 11 is 0. The van der Waals surface area contributed by atoms with Crippen LogP contribution in [-0.4, -0.2) is 11.1 Å². The van der Waals surface area contributed by atoms with Gasteiger partial charge in [-0.05, 0) is 36.6 Å². The molecule has 1 N–H and O–H groups in total. The molecule has 0 saturated carbocycles. The van der Waals surface area contributed by atoms with Crippen molar-refractivity contribution in [3.05, 3.63) is 34.3 Å². The number of rotatable bonds is 6. The third-order valence-corrected chi connectivity index (χ3v) is 4.00. The number of hydrogen-bond acceptors (Lipinski definition) is 3. The number of nitrogens with zero attached hydrogens (tertiary/aromatic N) is 1. The van der Waals surface area contributed by atoms with Crippen molar-refractivity contribution >= 4 is 11.1 Å². The minimum Gasteiger partial charge on any atom is -0.408 e. The largest absolute Gasteiger partial charge is 0.419 e. The predicted octanol–water partition coefficient (Wildman–Crippen LogP) is 3.22. The Morgan fingerprint density at radius 2 is 2.10 bits per heavy atom. The highest BCUT2D eigenvalue weighted by Crippen LogP contribution is 2.25. The van der Waals surface area contributed by atoms with Gasteiger partial charge in [0.05, 0.1) is 5.52 Å². The highest BCUT2D eigenvalue weighted by Gasteiger charge is 2.15. The Balaban J connectivity index is 2.35. The molecule has 0 aliphatic rings. The van der Waals surface area contributed by atoms with E-state index in [0.717, 1.165) is 18.5 Å². The maximum Gasteiger partial charge on any atom is 0.419 e. The molecule has 0 spiro atoms. The van der Waals surface area contributed by atoms with E-state index >= 15 is 0 Å². The van der Waals surface area contributed by atoms with Crippen LogP contribution in [0.1, 0.15) is 45.2 Å². The molecule has 0 radical (unpaired) electrons. The fourth-order valence-corrected chi connectivity index (χ4v) is 2.52. The van der Waals surface area contributed by atoms with Crippen LogP contribution in [0.4, 0.5) is 0 Å². The van der Waals surface area contributed by atoms with Crippen molar-refractivity contribution in [2.24, 2.45) is 13.0 Å². The van der Waals surface area contributed by atoms with Gasteiger partial charge in [-0.25, -0.2) is 4.79 Å². The van der Waals surface area contributed by atoms with Crippen molar-refractivity contribution in [3.8, 4) is 0 Å². The molecular weight excluding hydrogens is 252 g/mol. The van der Waals surface area contributed by atoms with Crippen molar-refractivity contribution < 1.29 is 4.42 Å². The molecular formula is C16H24N2O2. The summed E-state index contributed by atoms with van der Waals surface area (Å²) in [6.07, 6.45) is 2.26. The average molecular weight is 276 g/mol. The van der Waals surface area contributed by atoms with Crippen LogP contribution in [0.3, 0.4) is 0 Å². The van der Waals surface area contributed by atoms with E-state index in [1.165, 1.54) is 16.6 Å². The van der Waals surface area contributed by atoms with Crippen molar-refractivity contribution in [1.82, 2.24) is 9.88 Å². The second kappa shape index (κ2) is 6.27. The minimum absolute atomic E-state index is 0.306. The van der Waals surface area contributed by atoms with Gasteiger partial charge < -0.3 is 9.73 Å². The molecule has 1 aromatic carbocycles. The zero-order valence-corrected chi connectivity index (χ0v) is 12.8. The van der Waals surface area contributed by atoms with Crippen LogP contribution in [0.5, 0.6) is 0 Å². The highest BCUT2D eigenvalue weighted by atomic mass is 16.4.